The van der Waals surface area contributed by atoms with Gasteiger partial charge in [0.2, 0.25) is 0 Å². The van der Waals surface area contributed by atoms with Crippen molar-refractivity contribution >= 4 is 28.5 Å². The Balaban J connectivity index is 2.97. The van der Waals surface area contributed by atoms with Crippen LogP contribution in [0.4, 0.5) is 8.78 Å². The van der Waals surface area contributed by atoms with Crippen molar-refractivity contribution in [2.75, 3.05) is 19.7 Å². The molecule has 0 spiro atoms. The smallest absolute Gasteiger partial charge is 0.257 e. The van der Waals surface area contributed by atoms with Crippen molar-refractivity contribution in [3.05, 3.63) is 27.3 Å². The third kappa shape index (κ3) is 4.05. The number of rotatable bonds is 5. The summed E-state index contributed by atoms with van der Waals surface area (Å²) in [6, 6.07) is 4.33. The van der Waals surface area contributed by atoms with Gasteiger partial charge in [-0.25, -0.2) is 8.78 Å². The number of aromatic hydroxyl groups is 1. The van der Waals surface area contributed by atoms with Crippen LogP contribution in [0, 0.1) is 3.57 Å². The van der Waals surface area contributed by atoms with E-state index in [1.54, 1.807) is 6.07 Å². The van der Waals surface area contributed by atoms with Crippen molar-refractivity contribution in [3.8, 4) is 5.75 Å². The summed E-state index contributed by atoms with van der Waals surface area (Å²) in [5.41, 5.74) is -0.0454. The summed E-state index contributed by atoms with van der Waals surface area (Å²) in [6.07, 6.45) is -2.69. The zero-order chi connectivity index (χ0) is 13.7. The number of phenols is 1. The molecule has 0 heterocycles. The molecule has 1 aromatic carbocycles. The predicted octanol–water partition coefficient (Wildman–Crippen LogP) is 1.70. The third-order valence-electron chi connectivity index (χ3n) is 2.20. The highest BCUT2D eigenvalue weighted by Crippen LogP contribution is 2.21. The number of benzene rings is 1. The molecule has 0 radical (unpaired) electrons. The number of carbonyl (C=O) groups is 1. The van der Waals surface area contributed by atoms with Crippen LogP contribution >= 0.6 is 22.6 Å². The lowest BCUT2D eigenvalue weighted by molar-refractivity contribution is 0.0506. The number of amides is 1. The van der Waals surface area contributed by atoms with Crippen molar-refractivity contribution in [2.24, 2.45) is 0 Å². The molecule has 0 aliphatic rings. The molecule has 1 rings (SSSR count). The highest BCUT2D eigenvalue weighted by molar-refractivity contribution is 14.1. The van der Waals surface area contributed by atoms with E-state index >= 15 is 0 Å². The SMILES string of the molecule is O=C(c1cc(I)ccc1O)N(CCO)CC(F)F. The first-order chi connectivity index (χ1) is 8.45. The monoisotopic (exact) mass is 371 g/mol. The van der Waals surface area contributed by atoms with Crippen LogP contribution in [0.3, 0.4) is 0 Å². The first-order valence-electron chi connectivity index (χ1n) is 5.12. The molecule has 1 amide bonds. The van der Waals surface area contributed by atoms with Crippen LogP contribution in [0.1, 0.15) is 10.4 Å². The van der Waals surface area contributed by atoms with Crippen LogP contribution in [0.25, 0.3) is 0 Å². The molecule has 0 saturated heterocycles. The average Bonchev–Trinajstić information content (AvgIpc) is 2.30. The summed E-state index contributed by atoms with van der Waals surface area (Å²) >= 11 is 1.95. The van der Waals surface area contributed by atoms with Crippen molar-refractivity contribution in [3.63, 3.8) is 0 Å². The molecule has 0 fully saturated rings. The van der Waals surface area contributed by atoms with Crippen molar-refractivity contribution in [1.29, 1.82) is 0 Å². The van der Waals surface area contributed by atoms with E-state index in [2.05, 4.69) is 0 Å². The standard InChI is InChI=1S/C11H12F2INO3/c12-10(13)6-15(3-4-16)11(18)8-5-7(14)1-2-9(8)17/h1-2,5,10,16-17H,3-4,6H2. The number of aliphatic hydroxyl groups is 1. The van der Waals surface area contributed by atoms with Gasteiger partial charge in [-0.2, -0.15) is 0 Å². The Kier molecular flexibility index (Phi) is 5.73. The Hall–Kier alpha value is -0.960. The van der Waals surface area contributed by atoms with Crippen molar-refractivity contribution < 1.29 is 23.8 Å². The van der Waals surface area contributed by atoms with E-state index in [0.29, 0.717) is 3.57 Å². The maximum Gasteiger partial charge on any atom is 0.257 e. The molecule has 18 heavy (non-hydrogen) atoms. The minimum atomic E-state index is -2.69. The van der Waals surface area contributed by atoms with E-state index in [4.69, 9.17) is 5.11 Å². The maximum absolute atomic E-state index is 12.3. The molecule has 0 aliphatic carbocycles. The minimum Gasteiger partial charge on any atom is -0.507 e. The summed E-state index contributed by atoms with van der Waals surface area (Å²) in [7, 11) is 0. The topological polar surface area (TPSA) is 60.8 Å². The predicted molar refractivity (Wildman–Crippen MR) is 69.8 cm³/mol. The maximum atomic E-state index is 12.3. The van der Waals surface area contributed by atoms with Gasteiger partial charge in [0.1, 0.15) is 5.75 Å². The van der Waals surface area contributed by atoms with Gasteiger partial charge in [-0.3, -0.25) is 4.79 Å². The van der Waals surface area contributed by atoms with Gasteiger partial charge in [0, 0.05) is 10.1 Å². The number of hydrogen-bond acceptors (Lipinski definition) is 3. The Morgan fingerprint density at radius 1 is 1.44 bits per heavy atom. The molecular formula is C11H12F2INO3. The molecule has 0 saturated carbocycles. The molecule has 1 aromatic rings. The second-order valence-electron chi connectivity index (χ2n) is 3.53. The van der Waals surface area contributed by atoms with Crippen LogP contribution in [0.5, 0.6) is 5.75 Å². The number of nitrogens with zero attached hydrogens (tertiary/aromatic N) is 1. The summed E-state index contributed by atoms with van der Waals surface area (Å²) in [5.74, 6) is -0.988. The van der Waals surface area contributed by atoms with Gasteiger partial charge in [0.15, 0.2) is 0 Å². The number of halogens is 3. The van der Waals surface area contributed by atoms with Crippen LogP contribution in [0.15, 0.2) is 18.2 Å². The highest BCUT2D eigenvalue weighted by atomic mass is 127. The number of aliphatic hydroxyl groups excluding tert-OH is 1. The van der Waals surface area contributed by atoms with Gasteiger partial charge in [-0.15, -0.1) is 0 Å². The zero-order valence-electron chi connectivity index (χ0n) is 9.31. The Morgan fingerprint density at radius 2 is 2.11 bits per heavy atom. The van der Waals surface area contributed by atoms with Gasteiger partial charge >= 0.3 is 0 Å². The fraction of sp³-hybridized carbons (Fsp3) is 0.364. The highest BCUT2D eigenvalue weighted by Gasteiger charge is 2.21. The van der Waals surface area contributed by atoms with E-state index < -0.39 is 25.5 Å². The summed E-state index contributed by atoms with van der Waals surface area (Å²) in [5, 5.41) is 18.3. The summed E-state index contributed by atoms with van der Waals surface area (Å²) in [4.78, 5) is 12.8. The van der Waals surface area contributed by atoms with Gasteiger partial charge < -0.3 is 15.1 Å². The second kappa shape index (κ2) is 6.83. The van der Waals surface area contributed by atoms with Gasteiger partial charge in [-0.05, 0) is 40.8 Å². The van der Waals surface area contributed by atoms with E-state index in [9.17, 15) is 18.7 Å². The summed E-state index contributed by atoms with van der Waals surface area (Å²) in [6.45, 7) is -1.39. The zero-order valence-corrected chi connectivity index (χ0v) is 11.5. The van der Waals surface area contributed by atoms with E-state index in [0.717, 1.165) is 4.90 Å². The van der Waals surface area contributed by atoms with Gasteiger partial charge in [-0.1, -0.05) is 0 Å². The van der Waals surface area contributed by atoms with E-state index in [-0.39, 0.29) is 17.9 Å². The summed E-state index contributed by atoms with van der Waals surface area (Å²) < 4.78 is 25.4. The van der Waals surface area contributed by atoms with Crippen molar-refractivity contribution in [1.82, 2.24) is 4.90 Å². The molecular weight excluding hydrogens is 359 g/mol. The second-order valence-corrected chi connectivity index (χ2v) is 4.77. The molecule has 0 atom stereocenters. The van der Waals surface area contributed by atoms with Crippen LogP contribution in [0.2, 0.25) is 0 Å². The third-order valence-corrected chi connectivity index (χ3v) is 2.88. The quantitative estimate of drug-likeness (QED) is 0.775. The first-order valence-corrected chi connectivity index (χ1v) is 6.20. The molecule has 7 heteroatoms. The lowest BCUT2D eigenvalue weighted by Crippen LogP contribution is -2.37. The van der Waals surface area contributed by atoms with Crippen LogP contribution < -0.4 is 0 Å². The molecule has 0 unspecified atom stereocenters. The normalized spacial score (nSPS) is 10.7. The Bertz CT molecular complexity index is 429. The molecule has 0 aromatic heterocycles. The fourth-order valence-corrected chi connectivity index (χ4v) is 1.90. The minimum absolute atomic E-state index is 0.0454. The molecule has 4 nitrogen and oxygen atoms in total. The molecule has 0 bridgehead atoms. The first kappa shape index (κ1) is 15.1. The molecule has 2 N–H and O–H groups in total. The number of hydrogen-bond donors (Lipinski definition) is 2. The number of alkyl halides is 2. The lowest BCUT2D eigenvalue weighted by Gasteiger charge is -2.21. The fourth-order valence-electron chi connectivity index (χ4n) is 1.41. The van der Waals surface area contributed by atoms with E-state index in [1.807, 2.05) is 22.6 Å². The van der Waals surface area contributed by atoms with E-state index in [1.165, 1.54) is 12.1 Å². The van der Waals surface area contributed by atoms with Crippen LogP contribution in [-0.4, -0.2) is 47.1 Å². The average molecular weight is 371 g/mol. The Labute approximate surface area is 116 Å². The molecule has 100 valence electrons. The number of phenolic OH excluding ortho intramolecular Hbond substituents is 1. The largest absolute Gasteiger partial charge is 0.507 e. The van der Waals surface area contributed by atoms with Gasteiger partial charge in [0.25, 0.3) is 12.3 Å². The number of carbonyl (C=O) groups excluding carboxylic acids is 1. The van der Waals surface area contributed by atoms with Gasteiger partial charge in [0.05, 0.1) is 18.7 Å². The molecule has 0 aliphatic heterocycles. The van der Waals surface area contributed by atoms with Crippen molar-refractivity contribution in [2.45, 2.75) is 6.43 Å². The van der Waals surface area contributed by atoms with Crippen LogP contribution in [-0.2, 0) is 0 Å². The Morgan fingerprint density at radius 3 is 2.67 bits per heavy atom. The lowest BCUT2D eigenvalue weighted by atomic mass is 10.1.